The van der Waals surface area contributed by atoms with Crippen LogP contribution in [0.3, 0.4) is 0 Å². The summed E-state index contributed by atoms with van der Waals surface area (Å²) >= 11 is 0. The fourth-order valence-corrected chi connectivity index (χ4v) is 1.43. The predicted molar refractivity (Wildman–Crippen MR) is 76.7 cm³/mol. The van der Waals surface area contributed by atoms with Gasteiger partial charge in [-0.05, 0) is 27.2 Å². The van der Waals surface area contributed by atoms with Gasteiger partial charge in [0.15, 0.2) is 0 Å². The predicted octanol–water partition coefficient (Wildman–Crippen LogP) is 2.80. The van der Waals surface area contributed by atoms with Crippen molar-refractivity contribution in [2.24, 2.45) is 0 Å². The molecule has 108 valence electrons. The molecule has 0 spiro atoms. The molecule has 1 heterocycles. The van der Waals surface area contributed by atoms with E-state index in [2.05, 4.69) is 22.2 Å². The summed E-state index contributed by atoms with van der Waals surface area (Å²) in [6, 6.07) is 1.84. The Bertz CT molecular complexity index is 394. The Balaban J connectivity index is 2.55. The van der Waals surface area contributed by atoms with Crippen LogP contribution in [0.2, 0.25) is 0 Å². The fourth-order valence-electron chi connectivity index (χ4n) is 1.43. The molecule has 0 aliphatic heterocycles. The lowest BCUT2D eigenvalue weighted by Crippen LogP contribution is -2.25. The summed E-state index contributed by atoms with van der Waals surface area (Å²) in [7, 11) is 1.71. The molecular formula is C14H25N3O2. The minimum absolute atomic E-state index is 0.175. The second-order valence-corrected chi connectivity index (χ2v) is 5.16. The molecule has 0 radical (unpaired) electrons. The number of ether oxygens (including phenoxy) is 2. The Morgan fingerprint density at radius 2 is 2.05 bits per heavy atom. The van der Waals surface area contributed by atoms with Crippen molar-refractivity contribution in [2.45, 2.75) is 46.1 Å². The molecule has 0 bridgehead atoms. The summed E-state index contributed by atoms with van der Waals surface area (Å²) in [6.45, 7) is 9.55. The van der Waals surface area contributed by atoms with Gasteiger partial charge in [0.1, 0.15) is 0 Å². The van der Waals surface area contributed by atoms with E-state index in [1.165, 1.54) is 0 Å². The summed E-state index contributed by atoms with van der Waals surface area (Å²) in [4.78, 5) is 8.65. The van der Waals surface area contributed by atoms with Crippen LogP contribution < -0.4 is 10.1 Å². The number of hydrogen-bond donors (Lipinski definition) is 1. The minimum atomic E-state index is -0.175. The second-order valence-electron chi connectivity index (χ2n) is 5.16. The maximum Gasteiger partial charge on any atom is 0.226 e. The van der Waals surface area contributed by atoms with Crippen molar-refractivity contribution >= 4 is 5.95 Å². The van der Waals surface area contributed by atoms with Crippen molar-refractivity contribution in [3.63, 3.8) is 0 Å². The molecule has 1 aromatic rings. The van der Waals surface area contributed by atoms with E-state index in [1.54, 1.807) is 7.11 Å². The molecule has 0 fully saturated rings. The molecule has 0 aromatic carbocycles. The number of hydrogen-bond acceptors (Lipinski definition) is 5. The molecule has 5 heteroatoms. The highest BCUT2D eigenvalue weighted by molar-refractivity contribution is 5.30. The standard InChI is InChI=1S/C14H25N3O2/c1-6-8-15-13-16-11(2)10-12(17-13)19-9-7-14(3,4)18-5/h10H,6-9H2,1-5H3,(H,15,16,17). The van der Waals surface area contributed by atoms with Gasteiger partial charge in [0.25, 0.3) is 0 Å². The molecule has 1 rings (SSSR count). The maximum absolute atomic E-state index is 5.67. The van der Waals surface area contributed by atoms with Crippen molar-refractivity contribution in [1.29, 1.82) is 0 Å². The number of methoxy groups -OCH3 is 1. The van der Waals surface area contributed by atoms with E-state index in [4.69, 9.17) is 9.47 Å². The van der Waals surface area contributed by atoms with Crippen LogP contribution in [0.25, 0.3) is 0 Å². The molecule has 19 heavy (non-hydrogen) atoms. The van der Waals surface area contributed by atoms with E-state index in [1.807, 2.05) is 26.8 Å². The molecule has 0 saturated carbocycles. The normalized spacial score (nSPS) is 11.4. The topological polar surface area (TPSA) is 56.3 Å². The minimum Gasteiger partial charge on any atom is -0.477 e. The first-order valence-electron chi connectivity index (χ1n) is 6.74. The number of aromatic nitrogens is 2. The summed E-state index contributed by atoms with van der Waals surface area (Å²) in [5.74, 6) is 1.24. The van der Waals surface area contributed by atoms with Crippen molar-refractivity contribution in [2.75, 3.05) is 25.6 Å². The van der Waals surface area contributed by atoms with Crippen molar-refractivity contribution in [3.05, 3.63) is 11.8 Å². The third kappa shape index (κ3) is 5.87. The van der Waals surface area contributed by atoms with Crippen molar-refractivity contribution < 1.29 is 9.47 Å². The smallest absolute Gasteiger partial charge is 0.226 e. The summed E-state index contributed by atoms with van der Waals surface area (Å²) in [5.41, 5.74) is 0.723. The van der Waals surface area contributed by atoms with Crippen LogP contribution in [0.5, 0.6) is 5.88 Å². The third-order valence-electron chi connectivity index (χ3n) is 2.87. The molecule has 0 saturated heterocycles. The van der Waals surface area contributed by atoms with Gasteiger partial charge in [0, 0.05) is 31.8 Å². The molecule has 0 amide bonds. The van der Waals surface area contributed by atoms with Crippen LogP contribution in [0.15, 0.2) is 6.07 Å². The van der Waals surface area contributed by atoms with Gasteiger partial charge < -0.3 is 14.8 Å². The van der Waals surface area contributed by atoms with E-state index < -0.39 is 0 Å². The van der Waals surface area contributed by atoms with Gasteiger partial charge in [0.2, 0.25) is 11.8 Å². The highest BCUT2D eigenvalue weighted by Crippen LogP contribution is 2.16. The number of aryl methyl sites for hydroxylation is 1. The third-order valence-corrected chi connectivity index (χ3v) is 2.87. The van der Waals surface area contributed by atoms with Crippen LogP contribution in [-0.4, -0.2) is 35.8 Å². The first-order valence-corrected chi connectivity index (χ1v) is 6.74. The average Bonchev–Trinajstić information content (AvgIpc) is 2.35. The van der Waals surface area contributed by atoms with Crippen LogP contribution in [0.1, 0.15) is 39.3 Å². The summed E-state index contributed by atoms with van der Waals surface area (Å²) in [6.07, 6.45) is 1.85. The van der Waals surface area contributed by atoms with E-state index in [0.717, 1.165) is 25.1 Å². The van der Waals surface area contributed by atoms with Crippen LogP contribution in [0, 0.1) is 6.92 Å². The maximum atomic E-state index is 5.67. The Morgan fingerprint density at radius 3 is 2.68 bits per heavy atom. The molecule has 0 aliphatic carbocycles. The van der Waals surface area contributed by atoms with E-state index >= 15 is 0 Å². The van der Waals surface area contributed by atoms with Gasteiger partial charge in [0.05, 0.1) is 12.2 Å². The largest absolute Gasteiger partial charge is 0.477 e. The fraction of sp³-hybridized carbons (Fsp3) is 0.714. The number of rotatable bonds is 8. The molecule has 0 unspecified atom stereocenters. The van der Waals surface area contributed by atoms with Gasteiger partial charge in [-0.2, -0.15) is 4.98 Å². The SMILES string of the molecule is CCCNc1nc(C)cc(OCCC(C)(C)OC)n1. The van der Waals surface area contributed by atoms with Gasteiger partial charge >= 0.3 is 0 Å². The first-order chi connectivity index (χ1) is 8.96. The Kier molecular flexibility index (Phi) is 6.02. The zero-order valence-corrected chi connectivity index (χ0v) is 12.6. The molecule has 1 aromatic heterocycles. The average molecular weight is 267 g/mol. The monoisotopic (exact) mass is 267 g/mol. The lowest BCUT2D eigenvalue weighted by molar-refractivity contribution is 0.00509. The van der Waals surface area contributed by atoms with Crippen LogP contribution in [0.4, 0.5) is 5.95 Å². The highest BCUT2D eigenvalue weighted by Gasteiger charge is 2.16. The quantitative estimate of drug-likeness (QED) is 0.785. The Labute approximate surface area is 115 Å². The summed E-state index contributed by atoms with van der Waals surface area (Å²) < 4.78 is 11.0. The highest BCUT2D eigenvalue weighted by atomic mass is 16.5. The molecule has 0 aliphatic rings. The Hall–Kier alpha value is -1.36. The Morgan fingerprint density at radius 1 is 1.32 bits per heavy atom. The number of anilines is 1. The van der Waals surface area contributed by atoms with Crippen molar-refractivity contribution in [3.8, 4) is 5.88 Å². The van der Waals surface area contributed by atoms with Crippen LogP contribution in [-0.2, 0) is 4.74 Å². The van der Waals surface area contributed by atoms with Gasteiger partial charge in [-0.15, -0.1) is 0 Å². The number of nitrogens with zero attached hydrogens (tertiary/aromatic N) is 2. The van der Waals surface area contributed by atoms with Gasteiger partial charge in [-0.25, -0.2) is 4.98 Å². The van der Waals surface area contributed by atoms with Crippen LogP contribution >= 0.6 is 0 Å². The lowest BCUT2D eigenvalue weighted by Gasteiger charge is -2.22. The van der Waals surface area contributed by atoms with Gasteiger partial charge in [-0.3, -0.25) is 0 Å². The van der Waals surface area contributed by atoms with Crippen molar-refractivity contribution in [1.82, 2.24) is 9.97 Å². The number of nitrogens with one attached hydrogen (secondary N) is 1. The molecule has 1 N–H and O–H groups in total. The van der Waals surface area contributed by atoms with E-state index in [0.29, 0.717) is 18.4 Å². The van der Waals surface area contributed by atoms with Gasteiger partial charge in [-0.1, -0.05) is 6.92 Å². The molecule has 5 nitrogen and oxygen atoms in total. The zero-order chi connectivity index (χ0) is 14.3. The molecular weight excluding hydrogens is 242 g/mol. The van der Waals surface area contributed by atoms with E-state index in [9.17, 15) is 0 Å². The van der Waals surface area contributed by atoms with E-state index in [-0.39, 0.29) is 5.60 Å². The molecule has 0 atom stereocenters. The lowest BCUT2D eigenvalue weighted by atomic mass is 10.1. The summed E-state index contributed by atoms with van der Waals surface area (Å²) in [5, 5.41) is 3.17. The first kappa shape index (κ1) is 15.7. The zero-order valence-electron chi connectivity index (χ0n) is 12.6. The second kappa shape index (κ2) is 7.28.